The monoisotopic (exact) mass is 313 g/mol. The van der Waals surface area contributed by atoms with Crippen LogP contribution in [-0.4, -0.2) is 60.3 Å². The van der Waals surface area contributed by atoms with Gasteiger partial charge in [-0.05, 0) is 56.6 Å². The number of thioether (sulfide) groups is 1. The van der Waals surface area contributed by atoms with Gasteiger partial charge < -0.3 is 9.47 Å². The average molecular weight is 313 g/mol. The topological polar surface area (TPSA) is 38.8 Å². The lowest BCUT2D eigenvalue weighted by molar-refractivity contribution is -0.155. The highest BCUT2D eigenvalue weighted by Gasteiger charge is 2.43. The van der Waals surface area contributed by atoms with E-state index in [1.807, 2.05) is 11.8 Å². The first-order chi connectivity index (χ1) is 10.2. The van der Waals surface area contributed by atoms with Crippen LogP contribution in [0.1, 0.15) is 44.9 Å². The second kappa shape index (κ2) is 6.88. The zero-order valence-corrected chi connectivity index (χ0v) is 13.8. The van der Waals surface area contributed by atoms with Crippen LogP contribution in [0.15, 0.2) is 0 Å². The maximum absolute atomic E-state index is 12.1. The van der Waals surface area contributed by atoms with Crippen LogP contribution in [-0.2, 0) is 14.3 Å². The summed E-state index contributed by atoms with van der Waals surface area (Å²) < 4.78 is 11.2. The number of rotatable bonds is 2. The molecule has 0 aromatic rings. The molecule has 0 radical (unpaired) electrons. The summed E-state index contributed by atoms with van der Waals surface area (Å²) in [4.78, 5) is 14.5. The highest BCUT2D eigenvalue weighted by Crippen LogP contribution is 2.40. The molecule has 0 saturated carbocycles. The molecule has 3 saturated heterocycles. The zero-order chi connectivity index (χ0) is 14.7. The maximum atomic E-state index is 12.1. The summed E-state index contributed by atoms with van der Waals surface area (Å²) in [5, 5.41) is 0. The Morgan fingerprint density at radius 3 is 2.86 bits per heavy atom. The first-order valence-corrected chi connectivity index (χ1v) is 9.45. The molecule has 5 heteroatoms. The summed E-state index contributed by atoms with van der Waals surface area (Å²) in [5.74, 6) is 2.38. The quantitative estimate of drug-likeness (QED) is 0.732. The summed E-state index contributed by atoms with van der Waals surface area (Å²) in [5.41, 5.74) is 0.0896. The lowest BCUT2D eigenvalue weighted by Crippen LogP contribution is -2.56. The van der Waals surface area contributed by atoms with Crippen molar-refractivity contribution in [3.05, 3.63) is 0 Å². The van der Waals surface area contributed by atoms with Crippen LogP contribution in [0.5, 0.6) is 0 Å². The van der Waals surface area contributed by atoms with Gasteiger partial charge >= 0.3 is 5.97 Å². The molecule has 1 spiro atoms. The molecule has 3 fully saturated rings. The number of ether oxygens (including phenoxy) is 2. The van der Waals surface area contributed by atoms with Gasteiger partial charge in [-0.2, -0.15) is 11.8 Å². The van der Waals surface area contributed by atoms with Crippen LogP contribution in [0.2, 0.25) is 0 Å². The molecule has 0 bridgehead atoms. The van der Waals surface area contributed by atoms with E-state index in [2.05, 4.69) is 4.90 Å². The summed E-state index contributed by atoms with van der Waals surface area (Å²) in [7, 11) is 1.51. The van der Waals surface area contributed by atoms with Gasteiger partial charge in [-0.1, -0.05) is 6.42 Å². The van der Waals surface area contributed by atoms with E-state index >= 15 is 0 Å². The second-order valence-electron chi connectivity index (χ2n) is 6.56. The molecule has 2 atom stereocenters. The fourth-order valence-electron chi connectivity index (χ4n) is 4.16. The Labute approximate surface area is 131 Å². The van der Waals surface area contributed by atoms with Crippen LogP contribution in [0.4, 0.5) is 0 Å². The number of hydrogen-bond acceptors (Lipinski definition) is 5. The lowest BCUT2D eigenvalue weighted by atomic mass is 9.83. The number of nitrogens with zero attached hydrogens (tertiary/aromatic N) is 1. The molecule has 0 aromatic carbocycles. The molecular weight excluding hydrogens is 286 g/mol. The number of carbonyl (C=O) groups is 1. The number of hydrogen-bond donors (Lipinski definition) is 0. The van der Waals surface area contributed by atoms with Gasteiger partial charge in [-0.25, -0.2) is 0 Å². The van der Waals surface area contributed by atoms with E-state index in [9.17, 15) is 4.79 Å². The molecule has 4 nitrogen and oxygen atoms in total. The van der Waals surface area contributed by atoms with Gasteiger partial charge in [0.05, 0.1) is 12.7 Å². The Morgan fingerprint density at radius 1 is 1.29 bits per heavy atom. The summed E-state index contributed by atoms with van der Waals surface area (Å²) in [6.45, 7) is 1.88. The molecule has 3 rings (SSSR count). The average Bonchev–Trinajstić information content (AvgIpc) is 2.55. The fourth-order valence-corrected chi connectivity index (χ4v) is 5.39. The SMILES string of the molecule is COC(=O)C1CCCCN1C1CCOC2(CCSCC2)C1. The van der Waals surface area contributed by atoms with Gasteiger partial charge in [-0.3, -0.25) is 9.69 Å². The van der Waals surface area contributed by atoms with Gasteiger partial charge in [0.1, 0.15) is 6.04 Å². The number of piperidine rings is 1. The Balaban J connectivity index is 1.70. The number of esters is 1. The van der Waals surface area contributed by atoms with Gasteiger partial charge in [0, 0.05) is 12.6 Å². The predicted molar refractivity (Wildman–Crippen MR) is 84.6 cm³/mol. The lowest BCUT2D eigenvalue weighted by Gasteiger charge is -2.48. The fraction of sp³-hybridized carbons (Fsp3) is 0.938. The molecule has 3 heterocycles. The summed E-state index contributed by atoms with van der Waals surface area (Å²) >= 11 is 2.04. The molecule has 120 valence electrons. The normalized spacial score (nSPS) is 33.8. The Kier molecular flexibility index (Phi) is 5.12. The minimum absolute atomic E-state index is 0.0261. The van der Waals surface area contributed by atoms with Crippen molar-refractivity contribution in [2.45, 2.75) is 62.6 Å². The van der Waals surface area contributed by atoms with E-state index in [0.29, 0.717) is 6.04 Å². The van der Waals surface area contributed by atoms with E-state index in [-0.39, 0.29) is 17.6 Å². The van der Waals surface area contributed by atoms with Crippen molar-refractivity contribution >= 4 is 17.7 Å². The van der Waals surface area contributed by atoms with Crippen molar-refractivity contribution < 1.29 is 14.3 Å². The standard InChI is InChI=1S/C16H27NO3S/c1-19-15(18)14-4-2-3-8-17(14)13-5-9-20-16(12-13)6-10-21-11-7-16/h13-14H,2-12H2,1H3. The molecule has 0 amide bonds. The van der Waals surface area contributed by atoms with Crippen LogP contribution in [0.25, 0.3) is 0 Å². The summed E-state index contributed by atoms with van der Waals surface area (Å²) in [6, 6.07) is 0.466. The van der Waals surface area contributed by atoms with Crippen molar-refractivity contribution in [1.29, 1.82) is 0 Å². The van der Waals surface area contributed by atoms with Crippen LogP contribution in [0.3, 0.4) is 0 Å². The number of carbonyl (C=O) groups excluding carboxylic acids is 1. The van der Waals surface area contributed by atoms with Crippen molar-refractivity contribution in [3.63, 3.8) is 0 Å². The minimum atomic E-state index is -0.0468. The van der Waals surface area contributed by atoms with Crippen LogP contribution < -0.4 is 0 Å². The van der Waals surface area contributed by atoms with Gasteiger partial charge in [0.2, 0.25) is 0 Å². The molecular formula is C16H27NO3S. The third-order valence-corrected chi connectivity index (χ3v) is 6.34. The Bertz CT molecular complexity index is 365. The molecule has 0 N–H and O–H groups in total. The van der Waals surface area contributed by atoms with E-state index in [4.69, 9.17) is 9.47 Å². The second-order valence-corrected chi connectivity index (χ2v) is 7.79. The van der Waals surface area contributed by atoms with E-state index in [1.54, 1.807) is 0 Å². The van der Waals surface area contributed by atoms with Gasteiger partial charge in [-0.15, -0.1) is 0 Å². The minimum Gasteiger partial charge on any atom is -0.468 e. The maximum Gasteiger partial charge on any atom is 0.323 e. The third-order valence-electron chi connectivity index (χ3n) is 5.36. The molecule has 3 aliphatic rings. The molecule has 2 unspecified atom stereocenters. The van der Waals surface area contributed by atoms with Crippen molar-refractivity contribution in [2.24, 2.45) is 0 Å². The van der Waals surface area contributed by atoms with Gasteiger partial charge in [0.15, 0.2) is 0 Å². The number of methoxy groups -OCH3 is 1. The third kappa shape index (κ3) is 3.40. The summed E-state index contributed by atoms with van der Waals surface area (Å²) in [6.07, 6.45) is 7.79. The van der Waals surface area contributed by atoms with E-state index < -0.39 is 0 Å². The van der Waals surface area contributed by atoms with Crippen molar-refractivity contribution in [2.75, 3.05) is 31.8 Å². The first kappa shape index (κ1) is 15.6. The number of likely N-dealkylation sites (tertiary alicyclic amines) is 1. The molecule has 0 aliphatic carbocycles. The van der Waals surface area contributed by atoms with Crippen LogP contribution >= 0.6 is 11.8 Å². The van der Waals surface area contributed by atoms with Crippen molar-refractivity contribution in [1.82, 2.24) is 4.90 Å². The molecule has 3 aliphatic heterocycles. The van der Waals surface area contributed by atoms with Crippen molar-refractivity contribution in [3.8, 4) is 0 Å². The van der Waals surface area contributed by atoms with E-state index in [0.717, 1.165) is 38.8 Å². The van der Waals surface area contributed by atoms with Crippen LogP contribution in [0, 0.1) is 0 Å². The van der Waals surface area contributed by atoms with Gasteiger partial charge in [0.25, 0.3) is 0 Å². The highest BCUT2D eigenvalue weighted by molar-refractivity contribution is 7.99. The first-order valence-electron chi connectivity index (χ1n) is 8.29. The highest BCUT2D eigenvalue weighted by atomic mass is 32.2. The molecule has 21 heavy (non-hydrogen) atoms. The molecule has 0 aromatic heterocycles. The van der Waals surface area contributed by atoms with E-state index in [1.165, 1.54) is 37.9 Å². The smallest absolute Gasteiger partial charge is 0.323 e. The zero-order valence-electron chi connectivity index (χ0n) is 13.0. The Morgan fingerprint density at radius 2 is 2.10 bits per heavy atom. The Hall–Kier alpha value is -0.260. The predicted octanol–water partition coefficient (Wildman–Crippen LogP) is 2.46. The largest absolute Gasteiger partial charge is 0.468 e.